The molecule has 0 spiro atoms. The molecule has 1 aliphatic rings. The van der Waals surface area contributed by atoms with Crippen LogP contribution in [0, 0.1) is 0 Å². The van der Waals surface area contributed by atoms with E-state index in [1.165, 1.54) is 10.0 Å². The van der Waals surface area contributed by atoms with Crippen molar-refractivity contribution in [2.45, 2.75) is 6.42 Å². The summed E-state index contributed by atoms with van der Waals surface area (Å²) in [5.74, 6) is -0.0181. The molecule has 1 aliphatic heterocycles. The molecule has 1 aromatic carbocycles. The second kappa shape index (κ2) is 8.79. The van der Waals surface area contributed by atoms with E-state index in [4.69, 9.17) is 14.2 Å². The van der Waals surface area contributed by atoms with Crippen LogP contribution in [-0.2, 0) is 14.3 Å². The third-order valence-electron chi connectivity index (χ3n) is 4.33. The van der Waals surface area contributed by atoms with Crippen LogP contribution in [0.2, 0.25) is 0 Å². The smallest absolute Gasteiger partial charge is 0.291 e. The Bertz CT molecular complexity index is 826. The van der Waals surface area contributed by atoms with Crippen molar-refractivity contribution in [1.82, 2.24) is 15.0 Å². The molecule has 0 bridgehead atoms. The lowest BCUT2D eigenvalue weighted by Gasteiger charge is -2.27. The van der Waals surface area contributed by atoms with Gasteiger partial charge in [-0.1, -0.05) is 12.1 Å². The van der Waals surface area contributed by atoms with Crippen LogP contribution in [-0.4, -0.2) is 73.9 Å². The van der Waals surface area contributed by atoms with E-state index in [-0.39, 0.29) is 24.1 Å². The van der Waals surface area contributed by atoms with Gasteiger partial charge in [-0.3, -0.25) is 9.59 Å². The van der Waals surface area contributed by atoms with E-state index >= 15 is 0 Å². The average molecular weight is 373 g/mol. The maximum Gasteiger partial charge on any atom is 0.291 e. The molecule has 0 aliphatic carbocycles. The minimum Gasteiger partial charge on any atom is -0.496 e. The minimum absolute atomic E-state index is 0.0956. The fourth-order valence-electron chi connectivity index (χ4n) is 3.01. The predicted octanol–water partition coefficient (Wildman–Crippen LogP) is 1.50. The lowest BCUT2D eigenvalue weighted by atomic mass is 10.1. The molecule has 1 saturated heterocycles. The molecule has 0 N–H and O–H groups in total. The molecule has 2 amide bonds. The van der Waals surface area contributed by atoms with E-state index in [0.717, 1.165) is 5.39 Å². The number of rotatable bonds is 7. The molecule has 8 heteroatoms. The SMILES string of the molecule is COCCOCC(=O)N1CCCN1C(=O)c1cc(OC)c2ccccc2n1. The molecule has 8 nitrogen and oxygen atoms in total. The molecule has 0 saturated carbocycles. The Morgan fingerprint density at radius 1 is 1.11 bits per heavy atom. The van der Waals surface area contributed by atoms with Gasteiger partial charge in [0.05, 0.1) is 25.8 Å². The first kappa shape index (κ1) is 19.1. The number of carbonyl (C=O) groups excluding carboxylic acids is 2. The molecule has 0 unspecified atom stereocenters. The van der Waals surface area contributed by atoms with Crippen LogP contribution >= 0.6 is 0 Å². The van der Waals surface area contributed by atoms with Crippen molar-refractivity contribution >= 4 is 22.7 Å². The second-order valence-electron chi connectivity index (χ2n) is 6.07. The molecule has 2 aromatic rings. The summed E-state index contributed by atoms with van der Waals surface area (Å²) in [7, 11) is 3.12. The monoisotopic (exact) mass is 373 g/mol. The lowest BCUT2D eigenvalue weighted by Crippen LogP contribution is -2.46. The first-order chi connectivity index (χ1) is 13.2. The Morgan fingerprint density at radius 2 is 1.89 bits per heavy atom. The zero-order chi connectivity index (χ0) is 19.2. The molecule has 2 heterocycles. The standard InChI is InChI=1S/C19H23N3O5/c1-25-10-11-27-13-18(23)21-8-5-9-22(21)19(24)16-12-17(26-2)14-6-3-4-7-15(14)20-16/h3-4,6-7,12H,5,8-11,13H2,1-2H3. The van der Waals surface area contributed by atoms with Gasteiger partial charge in [0, 0.05) is 31.7 Å². The highest BCUT2D eigenvalue weighted by Crippen LogP contribution is 2.26. The molecule has 0 radical (unpaired) electrons. The van der Waals surface area contributed by atoms with Gasteiger partial charge in [-0.15, -0.1) is 0 Å². The number of pyridine rings is 1. The van der Waals surface area contributed by atoms with E-state index in [9.17, 15) is 9.59 Å². The maximum absolute atomic E-state index is 13.0. The van der Waals surface area contributed by atoms with E-state index in [1.54, 1.807) is 20.3 Å². The Balaban J connectivity index is 1.78. The fourth-order valence-corrected chi connectivity index (χ4v) is 3.01. The molecule has 3 rings (SSSR count). The molecule has 0 atom stereocenters. The number of carbonyl (C=O) groups is 2. The molecule has 1 fully saturated rings. The zero-order valence-electron chi connectivity index (χ0n) is 15.5. The molecule has 144 valence electrons. The third kappa shape index (κ3) is 4.17. The minimum atomic E-state index is -0.332. The molecule has 27 heavy (non-hydrogen) atoms. The normalized spacial score (nSPS) is 14.0. The van der Waals surface area contributed by atoms with Crippen molar-refractivity contribution in [2.75, 3.05) is 47.1 Å². The number of ether oxygens (including phenoxy) is 3. The lowest BCUT2D eigenvalue weighted by molar-refractivity contribution is -0.146. The van der Waals surface area contributed by atoms with Gasteiger partial charge in [0.15, 0.2) is 0 Å². The molecular formula is C19H23N3O5. The number of hydrazine groups is 1. The van der Waals surface area contributed by atoms with Gasteiger partial charge in [0.1, 0.15) is 18.1 Å². The Kier molecular flexibility index (Phi) is 6.20. The fraction of sp³-hybridized carbons (Fsp3) is 0.421. The number of nitrogens with zero attached hydrogens (tertiary/aromatic N) is 3. The summed E-state index contributed by atoms with van der Waals surface area (Å²) in [5, 5.41) is 3.69. The van der Waals surface area contributed by atoms with Crippen LogP contribution in [0.15, 0.2) is 30.3 Å². The molecule has 1 aromatic heterocycles. The van der Waals surface area contributed by atoms with Crippen molar-refractivity contribution in [3.63, 3.8) is 0 Å². The summed E-state index contributed by atoms with van der Waals surface area (Å²) in [6.45, 7) is 1.58. The van der Waals surface area contributed by atoms with Gasteiger partial charge in [-0.2, -0.15) is 0 Å². The first-order valence-electron chi connectivity index (χ1n) is 8.78. The summed E-state index contributed by atoms with van der Waals surface area (Å²) < 4.78 is 15.6. The number of fused-ring (bicyclic) bond motifs is 1. The van der Waals surface area contributed by atoms with Crippen LogP contribution in [0.3, 0.4) is 0 Å². The van der Waals surface area contributed by atoms with Crippen molar-refractivity contribution in [3.8, 4) is 5.75 Å². The van der Waals surface area contributed by atoms with Crippen LogP contribution in [0.25, 0.3) is 10.9 Å². The number of methoxy groups -OCH3 is 2. The summed E-state index contributed by atoms with van der Waals surface area (Å²) in [6.07, 6.45) is 0.709. The van der Waals surface area contributed by atoms with Crippen molar-refractivity contribution in [1.29, 1.82) is 0 Å². The Hall–Kier alpha value is -2.71. The largest absolute Gasteiger partial charge is 0.496 e. The predicted molar refractivity (Wildman–Crippen MR) is 98.4 cm³/mol. The van der Waals surface area contributed by atoms with E-state index in [1.807, 2.05) is 24.3 Å². The van der Waals surface area contributed by atoms with Crippen molar-refractivity contribution < 1.29 is 23.8 Å². The average Bonchev–Trinajstić information content (AvgIpc) is 3.19. The number of hydrogen-bond donors (Lipinski definition) is 0. The van der Waals surface area contributed by atoms with E-state index < -0.39 is 0 Å². The number of para-hydroxylation sites is 1. The van der Waals surface area contributed by atoms with E-state index in [0.29, 0.717) is 44.0 Å². The Morgan fingerprint density at radius 3 is 2.67 bits per heavy atom. The van der Waals surface area contributed by atoms with E-state index in [2.05, 4.69) is 4.98 Å². The highest BCUT2D eigenvalue weighted by Gasteiger charge is 2.32. The quantitative estimate of drug-likeness (QED) is 0.684. The van der Waals surface area contributed by atoms with Crippen LogP contribution < -0.4 is 4.74 Å². The van der Waals surface area contributed by atoms with Gasteiger partial charge >= 0.3 is 0 Å². The summed E-state index contributed by atoms with van der Waals surface area (Å²) in [5.41, 5.74) is 0.908. The highest BCUT2D eigenvalue weighted by molar-refractivity contribution is 5.98. The topological polar surface area (TPSA) is 81.2 Å². The number of aromatic nitrogens is 1. The van der Waals surface area contributed by atoms with Gasteiger partial charge in [0.2, 0.25) is 0 Å². The van der Waals surface area contributed by atoms with Crippen LogP contribution in [0.4, 0.5) is 0 Å². The number of benzene rings is 1. The summed E-state index contributed by atoms with van der Waals surface area (Å²) in [4.78, 5) is 29.9. The van der Waals surface area contributed by atoms with Gasteiger partial charge in [-0.05, 0) is 18.6 Å². The number of amides is 2. The second-order valence-corrected chi connectivity index (χ2v) is 6.07. The summed E-state index contributed by atoms with van der Waals surface area (Å²) in [6, 6.07) is 9.06. The molecular weight excluding hydrogens is 350 g/mol. The van der Waals surface area contributed by atoms with Gasteiger partial charge < -0.3 is 14.2 Å². The van der Waals surface area contributed by atoms with Crippen molar-refractivity contribution in [2.24, 2.45) is 0 Å². The van der Waals surface area contributed by atoms with Crippen LogP contribution in [0.1, 0.15) is 16.9 Å². The van der Waals surface area contributed by atoms with Crippen LogP contribution in [0.5, 0.6) is 5.75 Å². The van der Waals surface area contributed by atoms with Gasteiger partial charge in [0.25, 0.3) is 11.8 Å². The number of hydrogen-bond acceptors (Lipinski definition) is 6. The first-order valence-corrected chi connectivity index (χ1v) is 8.78. The van der Waals surface area contributed by atoms with Gasteiger partial charge in [-0.25, -0.2) is 15.0 Å². The Labute approximate surface area is 157 Å². The highest BCUT2D eigenvalue weighted by atomic mass is 16.5. The third-order valence-corrected chi connectivity index (χ3v) is 4.33. The zero-order valence-corrected chi connectivity index (χ0v) is 15.5. The summed E-state index contributed by atoms with van der Waals surface area (Å²) >= 11 is 0. The van der Waals surface area contributed by atoms with Crippen molar-refractivity contribution in [3.05, 3.63) is 36.0 Å². The maximum atomic E-state index is 13.0.